The summed E-state index contributed by atoms with van der Waals surface area (Å²) < 4.78 is 0. The van der Waals surface area contributed by atoms with Crippen LogP contribution in [0.15, 0.2) is 18.2 Å². The van der Waals surface area contributed by atoms with Crippen LogP contribution < -0.4 is 0 Å². The van der Waals surface area contributed by atoms with Crippen molar-refractivity contribution < 1.29 is 9.72 Å². The summed E-state index contributed by atoms with van der Waals surface area (Å²) in [4.78, 5) is 24.7. The first kappa shape index (κ1) is 15.8. The zero-order chi connectivity index (χ0) is 15.4. The Kier molecular flexibility index (Phi) is 5.22. The molecule has 1 aliphatic rings. The summed E-state index contributed by atoms with van der Waals surface area (Å²) in [6.45, 7) is 3.48. The van der Waals surface area contributed by atoms with Crippen molar-refractivity contribution in [3.05, 3.63) is 39.4 Å². The van der Waals surface area contributed by atoms with Gasteiger partial charge in [-0.1, -0.05) is 19.4 Å². The largest absolute Gasteiger partial charge is 0.338 e. The minimum absolute atomic E-state index is 0.0248. The molecular weight excluding hydrogens is 288 g/mol. The van der Waals surface area contributed by atoms with Crippen molar-refractivity contribution in [3.63, 3.8) is 0 Å². The van der Waals surface area contributed by atoms with Crippen LogP contribution in [0.5, 0.6) is 0 Å². The molecular formula is C15H20N2O3S. The van der Waals surface area contributed by atoms with E-state index in [-0.39, 0.29) is 11.6 Å². The maximum Gasteiger partial charge on any atom is 0.270 e. The molecule has 1 unspecified atom stereocenters. The van der Waals surface area contributed by atoms with Crippen LogP contribution in [0, 0.1) is 16.0 Å². The molecule has 0 saturated heterocycles. The van der Waals surface area contributed by atoms with Crippen LogP contribution in [0.2, 0.25) is 0 Å². The van der Waals surface area contributed by atoms with Crippen LogP contribution >= 0.6 is 12.6 Å². The summed E-state index contributed by atoms with van der Waals surface area (Å²) in [5.41, 5.74) is 1.35. The monoisotopic (exact) mass is 308 g/mol. The first-order chi connectivity index (χ1) is 10.1. The third-order valence-corrected chi connectivity index (χ3v) is 4.42. The van der Waals surface area contributed by atoms with Gasteiger partial charge in [-0.15, -0.1) is 0 Å². The lowest BCUT2D eigenvalue weighted by molar-refractivity contribution is -0.384. The van der Waals surface area contributed by atoms with Crippen molar-refractivity contribution in [1.82, 2.24) is 4.90 Å². The molecule has 0 fully saturated rings. The number of non-ortho nitro benzene ring substituents is 1. The molecule has 0 bridgehead atoms. The quantitative estimate of drug-likeness (QED) is 0.499. The van der Waals surface area contributed by atoms with Gasteiger partial charge < -0.3 is 4.90 Å². The van der Waals surface area contributed by atoms with E-state index in [1.165, 1.54) is 12.1 Å². The maximum absolute atomic E-state index is 12.5. The number of rotatable bonds is 6. The third kappa shape index (κ3) is 3.56. The van der Waals surface area contributed by atoms with E-state index in [4.69, 9.17) is 0 Å². The van der Waals surface area contributed by atoms with Crippen LogP contribution in [0.1, 0.15) is 35.7 Å². The topological polar surface area (TPSA) is 63.4 Å². The van der Waals surface area contributed by atoms with Gasteiger partial charge in [0.15, 0.2) is 0 Å². The second-order valence-corrected chi connectivity index (χ2v) is 5.80. The molecule has 1 aliphatic heterocycles. The highest BCUT2D eigenvalue weighted by molar-refractivity contribution is 7.80. The van der Waals surface area contributed by atoms with Gasteiger partial charge in [-0.05, 0) is 30.1 Å². The Hall–Kier alpha value is -1.56. The number of benzene rings is 1. The Morgan fingerprint density at radius 3 is 2.86 bits per heavy atom. The molecule has 0 spiro atoms. The van der Waals surface area contributed by atoms with Gasteiger partial charge >= 0.3 is 0 Å². The number of hydrogen-bond acceptors (Lipinski definition) is 4. The molecule has 6 heteroatoms. The number of hydrogen-bond donors (Lipinski definition) is 1. The van der Waals surface area contributed by atoms with Crippen LogP contribution in [0.4, 0.5) is 5.69 Å². The molecule has 0 radical (unpaired) electrons. The van der Waals surface area contributed by atoms with Gasteiger partial charge in [0.1, 0.15) is 0 Å². The van der Waals surface area contributed by atoms with Crippen molar-refractivity contribution in [2.75, 3.05) is 18.8 Å². The van der Waals surface area contributed by atoms with Crippen molar-refractivity contribution in [2.24, 2.45) is 5.92 Å². The number of fused-ring (bicyclic) bond motifs is 1. The SMILES string of the molecule is CCCC(CS)CN1CCc2ccc([N+](=O)[O-])cc2C1=O. The highest BCUT2D eigenvalue weighted by Gasteiger charge is 2.27. The van der Waals surface area contributed by atoms with Crippen LogP contribution in [-0.4, -0.2) is 34.6 Å². The zero-order valence-electron chi connectivity index (χ0n) is 12.1. The van der Waals surface area contributed by atoms with E-state index < -0.39 is 4.92 Å². The Morgan fingerprint density at radius 1 is 1.48 bits per heavy atom. The van der Waals surface area contributed by atoms with Crippen molar-refractivity contribution >= 4 is 24.2 Å². The second-order valence-electron chi connectivity index (χ2n) is 5.44. The number of carbonyl (C=O) groups excluding carboxylic acids is 1. The molecule has 0 saturated carbocycles. The number of nitrogens with zero attached hydrogens (tertiary/aromatic N) is 2. The molecule has 0 N–H and O–H groups in total. The molecule has 21 heavy (non-hydrogen) atoms. The molecule has 1 heterocycles. The van der Waals surface area contributed by atoms with E-state index in [1.54, 1.807) is 6.07 Å². The molecule has 0 aliphatic carbocycles. The number of amides is 1. The highest BCUT2D eigenvalue weighted by Crippen LogP contribution is 2.25. The van der Waals surface area contributed by atoms with E-state index >= 15 is 0 Å². The van der Waals surface area contributed by atoms with Crippen molar-refractivity contribution in [1.29, 1.82) is 0 Å². The first-order valence-electron chi connectivity index (χ1n) is 7.24. The number of nitro benzene ring substituents is 1. The Labute approximate surface area is 129 Å². The molecule has 1 aromatic carbocycles. The molecule has 2 rings (SSSR count). The lowest BCUT2D eigenvalue weighted by Gasteiger charge is -2.31. The van der Waals surface area contributed by atoms with Gasteiger partial charge in [0.05, 0.1) is 4.92 Å². The standard InChI is InChI=1S/C15H20N2O3S/c1-2-3-11(10-21)9-16-7-6-12-4-5-13(17(19)20)8-14(12)15(16)18/h4-5,8,11,21H,2-3,6-7,9-10H2,1H3. The van der Waals surface area contributed by atoms with E-state index in [0.29, 0.717) is 24.6 Å². The van der Waals surface area contributed by atoms with Gasteiger partial charge in [0.2, 0.25) is 0 Å². The average molecular weight is 308 g/mol. The Balaban J connectivity index is 2.18. The fourth-order valence-electron chi connectivity index (χ4n) is 2.76. The fraction of sp³-hybridized carbons (Fsp3) is 0.533. The van der Waals surface area contributed by atoms with Crippen LogP contribution in [0.25, 0.3) is 0 Å². The van der Waals surface area contributed by atoms with Crippen LogP contribution in [0.3, 0.4) is 0 Å². The summed E-state index contributed by atoms with van der Waals surface area (Å²) in [5.74, 6) is 1.03. The lowest BCUT2D eigenvalue weighted by atomic mass is 9.96. The lowest BCUT2D eigenvalue weighted by Crippen LogP contribution is -2.41. The molecule has 0 aromatic heterocycles. The molecule has 114 valence electrons. The molecule has 1 atom stereocenters. The smallest absolute Gasteiger partial charge is 0.270 e. The molecule has 5 nitrogen and oxygen atoms in total. The number of carbonyl (C=O) groups is 1. The fourth-order valence-corrected chi connectivity index (χ4v) is 3.05. The molecule has 1 amide bonds. The minimum atomic E-state index is -0.458. The Morgan fingerprint density at radius 2 is 2.24 bits per heavy atom. The van der Waals surface area contributed by atoms with Crippen LogP contribution in [-0.2, 0) is 6.42 Å². The van der Waals surface area contributed by atoms with Gasteiger partial charge in [0, 0.05) is 30.8 Å². The van der Waals surface area contributed by atoms with Crippen molar-refractivity contribution in [2.45, 2.75) is 26.2 Å². The normalized spacial score (nSPS) is 15.7. The predicted molar refractivity (Wildman–Crippen MR) is 85.0 cm³/mol. The number of thiol groups is 1. The van der Waals surface area contributed by atoms with E-state index in [1.807, 2.05) is 4.90 Å². The summed E-state index contributed by atoms with van der Waals surface area (Å²) in [6, 6.07) is 4.57. The van der Waals surface area contributed by atoms with Gasteiger partial charge in [0.25, 0.3) is 11.6 Å². The average Bonchev–Trinajstić information content (AvgIpc) is 2.49. The van der Waals surface area contributed by atoms with Gasteiger partial charge in [-0.3, -0.25) is 14.9 Å². The predicted octanol–water partition coefficient (Wildman–Crippen LogP) is 2.94. The third-order valence-electron chi connectivity index (χ3n) is 3.91. The highest BCUT2D eigenvalue weighted by atomic mass is 32.1. The minimum Gasteiger partial charge on any atom is -0.338 e. The summed E-state index contributed by atoms with van der Waals surface area (Å²) in [6.07, 6.45) is 2.86. The zero-order valence-corrected chi connectivity index (χ0v) is 13.0. The summed E-state index contributed by atoms with van der Waals surface area (Å²) >= 11 is 4.35. The van der Waals surface area contributed by atoms with Gasteiger partial charge in [-0.25, -0.2) is 0 Å². The van der Waals surface area contributed by atoms with E-state index in [9.17, 15) is 14.9 Å². The van der Waals surface area contributed by atoms with E-state index in [2.05, 4.69) is 19.6 Å². The number of nitro groups is 1. The first-order valence-corrected chi connectivity index (χ1v) is 7.87. The molecule has 1 aromatic rings. The van der Waals surface area contributed by atoms with E-state index in [0.717, 1.165) is 30.6 Å². The summed E-state index contributed by atoms with van der Waals surface area (Å²) in [7, 11) is 0. The summed E-state index contributed by atoms with van der Waals surface area (Å²) in [5, 5.41) is 10.9. The van der Waals surface area contributed by atoms with Crippen molar-refractivity contribution in [3.8, 4) is 0 Å². The van der Waals surface area contributed by atoms with Gasteiger partial charge in [-0.2, -0.15) is 12.6 Å². The Bertz CT molecular complexity index is 548. The maximum atomic E-state index is 12.5. The second kappa shape index (κ2) is 6.93.